The zero-order valence-electron chi connectivity index (χ0n) is 12.9. The molecule has 25 heavy (non-hydrogen) atoms. The highest BCUT2D eigenvalue weighted by Gasteiger charge is 2.13. The standard InChI is InChI=1S/C18H12FN5O/c19-15-9-23-16(11-3-1-10(8-20)2-4-11)14-7-12(5-6-13(14)15)17(25)24-18(21)22/h1-7,9H,(H4,21,22,24,25). The number of hydrogen-bond acceptors (Lipinski definition) is 3. The van der Waals surface area contributed by atoms with Gasteiger partial charge in [0, 0.05) is 21.9 Å². The number of pyridine rings is 1. The van der Waals surface area contributed by atoms with Gasteiger partial charge >= 0.3 is 0 Å². The Labute approximate surface area is 142 Å². The number of halogens is 1. The molecule has 122 valence electrons. The van der Waals surface area contributed by atoms with E-state index in [0.717, 1.165) is 6.20 Å². The molecule has 1 aromatic heterocycles. The van der Waals surface area contributed by atoms with Crippen LogP contribution in [0.15, 0.2) is 53.7 Å². The molecule has 0 aliphatic heterocycles. The first-order chi connectivity index (χ1) is 12.0. The van der Waals surface area contributed by atoms with Gasteiger partial charge in [0.25, 0.3) is 5.91 Å². The molecule has 1 heterocycles. The number of benzene rings is 2. The van der Waals surface area contributed by atoms with Gasteiger partial charge in [0.05, 0.1) is 23.5 Å². The topological polar surface area (TPSA) is 118 Å². The molecular weight excluding hydrogens is 321 g/mol. The fraction of sp³-hybridized carbons (Fsp3) is 0. The first-order valence-electron chi connectivity index (χ1n) is 7.22. The maximum absolute atomic E-state index is 14.1. The summed E-state index contributed by atoms with van der Waals surface area (Å²) in [5, 5.41) is 9.65. The van der Waals surface area contributed by atoms with E-state index in [-0.39, 0.29) is 11.5 Å². The van der Waals surface area contributed by atoms with Crippen molar-refractivity contribution in [3.63, 3.8) is 0 Å². The van der Waals surface area contributed by atoms with Crippen molar-refractivity contribution in [2.24, 2.45) is 16.5 Å². The zero-order chi connectivity index (χ0) is 18.0. The van der Waals surface area contributed by atoms with Gasteiger partial charge in [0.1, 0.15) is 5.82 Å². The molecule has 3 rings (SSSR count). The Morgan fingerprint density at radius 2 is 1.84 bits per heavy atom. The highest BCUT2D eigenvalue weighted by Crippen LogP contribution is 2.29. The summed E-state index contributed by atoms with van der Waals surface area (Å²) in [6, 6.07) is 13.2. The molecule has 0 spiro atoms. The van der Waals surface area contributed by atoms with Crippen LogP contribution >= 0.6 is 0 Å². The van der Waals surface area contributed by atoms with Crippen LogP contribution in [0.1, 0.15) is 15.9 Å². The van der Waals surface area contributed by atoms with Crippen molar-refractivity contribution >= 4 is 22.6 Å². The van der Waals surface area contributed by atoms with E-state index in [0.29, 0.717) is 27.6 Å². The molecule has 0 aliphatic carbocycles. The molecule has 0 bridgehead atoms. The number of nitrogens with zero attached hydrogens (tertiary/aromatic N) is 3. The lowest BCUT2D eigenvalue weighted by atomic mass is 10.0. The minimum absolute atomic E-state index is 0.211. The molecule has 7 heteroatoms. The van der Waals surface area contributed by atoms with E-state index in [4.69, 9.17) is 16.7 Å². The summed E-state index contributed by atoms with van der Waals surface area (Å²) >= 11 is 0. The number of amides is 1. The molecule has 0 aliphatic rings. The molecule has 0 radical (unpaired) electrons. The predicted molar refractivity (Wildman–Crippen MR) is 92.0 cm³/mol. The maximum Gasteiger partial charge on any atom is 0.280 e. The van der Waals surface area contributed by atoms with E-state index in [9.17, 15) is 9.18 Å². The number of rotatable bonds is 2. The summed E-state index contributed by atoms with van der Waals surface area (Å²) in [4.78, 5) is 19.6. The van der Waals surface area contributed by atoms with Crippen molar-refractivity contribution < 1.29 is 9.18 Å². The van der Waals surface area contributed by atoms with Crippen molar-refractivity contribution in [2.45, 2.75) is 0 Å². The van der Waals surface area contributed by atoms with Gasteiger partial charge in [0.15, 0.2) is 5.96 Å². The third-order valence-corrected chi connectivity index (χ3v) is 3.60. The van der Waals surface area contributed by atoms with Crippen molar-refractivity contribution in [2.75, 3.05) is 0 Å². The van der Waals surface area contributed by atoms with Crippen LogP contribution in [0.2, 0.25) is 0 Å². The molecule has 4 N–H and O–H groups in total. The minimum atomic E-state index is -0.628. The average molecular weight is 333 g/mol. The quantitative estimate of drug-likeness (QED) is 0.551. The van der Waals surface area contributed by atoms with Crippen LogP contribution in [0.4, 0.5) is 4.39 Å². The number of carbonyl (C=O) groups is 1. The number of aliphatic imine (C=N–C) groups is 1. The first-order valence-corrected chi connectivity index (χ1v) is 7.22. The smallest absolute Gasteiger partial charge is 0.280 e. The van der Waals surface area contributed by atoms with Gasteiger partial charge in [-0.1, -0.05) is 18.2 Å². The van der Waals surface area contributed by atoms with Crippen molar-refractivity contribution in [3.05, 3.63) is 65.6 Å². The summed E-state index contributed by atoms with van der Waals surface area (Å²) in [6.07, 6.45) is 1.12. The van der Waals surface area contributed by atoms with Gasteiger partial charge in [-0.3, -0.25) is 9.78 Å². The van der Waals surface area contributed by atoms with Crippen LogP contribution in [-0.4, -0.2) is 16.9 Å². The molecule has 6 nitrogen and oxygen atoms in total. The summed E-state index contributed by atoms with van der Waals surface area (Å²) in [5.74, 6) is -1.49. The summed E-state index contributed by atoms with van der Waals surface area (Å²) in [6.45, 7) is 0. The van der Waals surface area contributed by atoms with Crippen LogP contribution in [-0.2, 0) is 0 Å². The van der Waals surface area contributed by atoms with E-state index in [1.807, 2.05) is 6.07 Å². The van der Waals surface area contributed by atoms with Crippen LogP contribution in [0.25, 0.3) is 22.0 Å². The molecule has 0 unspecified atom stereocenters. The van der Waals surface area contributed by atoms with Crippen molar-refractivity contribution in [1.29, 1.82) is 5.26 Å². The Morgan fingerprint density at radius 3 is 2.48 bits per heavy atom. The van der Waals surface area contributed by atoms with Crippen molar-refractivity contribution in [1.82, 2.24) is 4.98 Å². The number of guanidine groups is 1. The Kier molecular flexibility index (Phi) is 4.10. The van der Waals surface area contributed by atoms with Gasteiger partial charge < -0.3 is 11.5 Å². The number of hydrogen-bond donors (Lipinski definition) is 2. The molecule has 0 saturated carbocycles. The lowest BCUT2D eigenvalue weighted by Crippen LogP contribution is -2.24. The van der Waals surface area contributed by atoms with Gasteiger partial charge in [-0.05, 0) is 24.3 Å². The van der Waals surface area contributed by atoms with Crippen LogP contribution < -0.4 is 11.5 Å². The number of nitrogens with two attached hydrogens (primary N) is 2. The summed E-state index contributed by atoms with van der Waals surface area (Å²) in [5.41, 5.74) is 12.3. The number of fused-ring (bicyclic) bond motifs is 1. The van der Waals surface area contributed by atoms with Crippen LogP contribution in [0.5, 0.6) is 0 Å². The van der Waals surface area contributed by atoms with E-state index in [1.165, 1.54) is 18.2 Å². The average Bonchev–Trinajstić information content (AvgIpc) is 2.61. The predicted octanol–water partition coefficient (Wildman–Crippen LogP) is 2.33. The molecule has 2 aromatic carbocycles. The molecular formula is C18H12FN5O. The Balaban J connectivity index is 2.21. The highest BCUT2D eigenvalue weighted by molar-refractivity contribution is 6.06. The van der Waals surface area contributed by atoms with E-state index in [2.05, 4.69) is 9.98 Å². The third-order valence-electron chi connectivity index (χ3n) is 3.60. The third kappa shape index (κ3) is 3.14. The van der Waals surface area contributed by atoms with Gasteiger partial charge in [-0.25, -0.2) is 4.39 Å². The SMILES string of the molecule is N#Cc1ccc(-c2ncc(F)c3ccc(C(=O)N=C(N)N)cc23)cc1. The van der Waals surface area contributed by atoms with Gasteiger partial charge in [-0.2, -0.15) is 10.3 Å². The lowest BCUT2D eigenvalue weighted by molar-refractivity contribution is 0.100. The Bertz CT molecular complexity index is 1050. The number of carbonyl (C=O) groups excluding carboxylic acids is 1. The molecule has 3 aromatic rings. The van der Waals surface area contributed by atoms with Crippen molar-refractivity contribution in [3.8, 4) is 17.3 Å². The van der Waals surface area contributed by atoms with E-state index >= 15 is 0 Å². The summed E-state index contributed by atoms with van der Waals surface area (Å²) < 4.78 is 14.1. The second-order valence-corrected chi connectivity index (χ2v) is 5.25. The minimum Gasteiger partial charge on any atom is -0.370 e. The largest absolute Gasteiger partial charge is 0.370 e. The zero-order valence-corrected chi connectivity index (χ0v) is 12.9. The normalized spacial score (nSPS) is 10.2. The number of nitriles is 1. The van der Waals surface area contributed by atoms with E-state index < -0.39 is 11.7 Å². The first kappa shape index (κ1) is 16.1. The van der Waals surface area contributed by atoms with Crippen LogP contribution in [0.3, 0.4) is 0 Å². The second kappa shape index (κ2) is 6.37. The molecule has 0 fully saturated rings. The molecule has 0 saturated heterocycles. The molecule has 0 atom stereocenters. The molecule has 1 amide bonds. The lowest BCUT2D eigenvalue weighted by Gasteiger charge is -2.08. The number of aromatic nitrogens is 1. The van der Waals surface area contributed by atoms with Gasteiger partial charge in [0.2, 0.25) is 0 Å². The Morgan fingerprint density at radius 1 is 1.12 bits per heavy atom. The fourth-order valence-corrected chi connectivity index (χ4v) is 2.46. The van der Waals surface area contributed by atoms with E-state index in [1.54, 1.807) is 24.3 Å². The van der Waals surface area contributed by atoms with Gasteiger partial charge in [-0.15, -0.1) is 0 Å². The Hall–Kier alpha value is -3.79. The second-order valence-electron chi connectivity index (χ2n) is 5.25. The maximum atomic E-state index is 14.1. The summed E-state index contributed by atoms with van der Waals surface area (Å²) in [7, 11) is 0. The monoisotopic (exact) mass is 333 g/mol. The van der Waals surface area contributed by atoms with Crippen LogP contribution in [0, 0.1) is 17.1 Å². The highest BCUT2D eigenvalue weighted by atomic mass is 19.1. The fourth-order valence-electron chi connectivity index (χ4n) is 2.46.